The summed E-state index contributed by atoms with van der Waals surface area (Å²) in [7, 11) is 1.57. The lowest BCUT2D eigenvalue weighted by molar-refractivity contribution is -0.144. The summed E-state index contributed by atoms with van der Waals surface area (Å²) in [6.45, 7) is 1.92. The monoisotopic (exact) mass is 437 g/mol. The van der Waals surface area contributed by atoms with Crippen LogP contribution in [0, 0.1) is 6.92 Å². The smallest absolute Gasteiger partial charge is 0.310 e. The van der Waals surface area contributed by atoms with E-state index in [2.05, 4.69) is 10.2 Å². The molecule has 0 amide bonds. The van der Waals surface area contributed by atoms with Crippen LogP contribution >= 0.6 is 11.6 Å². The topological polar surface area (TPSA) is 86.2 Å². The number of aromatic amines is 1. The number of rotatable bonds is 6. The highest BCUT2D eigenvalue weighted by atomic mass is 35.5. The molecule has 0 aliphatic rings. The molecule has 0 unspecified atom stereocenters. The van der Waals surface area contributed by atoms with E-state index >= 15 is 0 Å². The molecule has 1 N–H and O–H groups in total. The second-order valence-corrected chi connectivity index (χ2v) is 7.45. The Balaban J connectivity index is 1.72. The van der Waals surface area contributed by atoms with Gasteiger partial charge in [0, 0.05) is 27.9 Å². The first kappa shape index (κ1) is 20.7. The minimum atomic E-state index is -0.404. The van der Waals surface area contributed by atoms with E-state index in [9.17, 15) is 9.59 Å². The van der Waals surface area contributed by atoms with Crippen LogP contribution in [0.25, 0.3) is 10.9 Å². The van der Waals surface area contributed by atoms with Gasteiger partial charge in [-0.2, -0.15) is 5.10 Å². The molecule has 7 nitrogen and oxygen atoms in total. The van der Waals surface area contributed by atoms with Gasteiger partial charge >= 0.3 is 5.97 Å². The van der Waals surface area contributed by atoms with Crippen LogP contribution in [0.5, 0.6) is 5.75 Å². The van der Waals surface area contributed by atoms with Gasteiger partial charge in [0.1, 0.15) is 12.4 Å². The summed E-state index contributed by atoms with van der Waals surface area (Å²) in [6, 6.07) is 13.9. The Hall–Kier alpha value is -3.58. The van der Waals surface area contributed by atoms with E-state index in [0.717, 1.165) is 5.39 Å². The molecular weight excluding hydrogens is 418 g/mol. The summed E-state index contributed by atoms with van der Waals surface area (Å²) in [4.78, 5) is 25.8. The second kappa shape index (κ2) is 8.65. The van der Waals surface area contributed by atoms with Crippen molar-refractivity contribution < 1.29 is 19.1 Å². The van der Waals surface area contributed by atoms with Crippen molar-refractivity contribution in [1.29, 1.82) is 0 Å². The highest BCUT2D eigenvalue weighted by Crippen LogP contribution is 2.31. The molecule has 2 heterocycles. The van der Waals surface area contributed by atoms with E-state index in [0.29, 0.717) is 38.8 Å². The highest BCUT2D eigenvalue weighted by Gasteiger charge is 2.22. The molecule has 31 heavy (non-hydrogen) atoms. The largest absolute Gasteiger partial charge is 0.497 e. The number of carbonyl (C=O) groups is 2. The average Bonchev–Trinajstić information content (AvgIpc) is 3.39. The minimum Gasteiger partial charge on any atom is -0.497 e. The molecule has 4 aromatic rings. The summed E-state index contributed by atoms with van der Waals surface area (Å²) in [6.07, 6.45) is 1.61. The molecule has 4 rings (SSSR count). The zero-order valence-electron chi connectivity index (χ0n) is 17.0. The maximum absolute atomic E-state index is 13.3. The summed E-state index contributed by atoms with van der Waals surface area (Å²) in [5.41, 5.74) is 3.27. The van der Waals surface area contributed by atoms with Crippen molar-refractivity contribution >= 4 is 34.4 Å². The molecule has 0 fully saturated rings. The lowest BCUT2D eigenvalue weighted by Crippen LogP contribution is -2.14. The van der Waals surface area contributed by atoms with Gasteiger partial charge in [0.05, 0.1) is 24.7 Å². The number of nitrogens with zero attached hydrogens (tertiary/aromatic N) is 2. The van der Waals surface area contributed by atoms with Crippen LogP contribution in [0.4, 0.5) is 0 Å². The number of ether oxygens (including phenoxy) is 2. The number of fused-ring (bicyclic) bond motifs is 1. The maximum Gasteiger partial charge on any atom is 0.310 e. The molecule has 0 radical (unpaired) electrons. The Bertz CT molecular complexity index is 1240. The van der Waals surface area contributed by atoms with Crippen molar-refractivity contribution in [3.63, 3.8) is 0 Å². The van der Waals surface area contributed by atoms with Crippen molar-refractivity contribution in [2.24, 2.45) is 0 Å². The zero-order chi connectivity index (χ0) is 22.0. The Labute approximate surface area is 183 Å². The second-order valence-electron chi connectivity index (χ2n) is 7.01. The van der Waals surface area contributed by atoms with Crippen molar-refractivity contribution in [2.75, 3.05) is 7.11 Å². The number of nitrogens with one attached hydrogen (secondary N) is 1. The number of methoxy groups -OCH3 is 1. The summed E-state index contributed by atoms with van der Waals surface area (Å²) >= 11 is 5.96. The Morgan fingerprint density at radius 3 is 2.58 bits per heavy atom. The SMILES string of the molecule is COc1ccc2c(c1)c(CC(=O)OCc1ccn[nH]1)c(C)n2C(=O)c1ccc(Cl)cc1. The van der Waals surface area contributed by atoms with Gasteiger partial charge in [-0.15, -0.1) is 0 Å². The van der Waals surface area contributed by atoms with E-state index < -0.39 is 5.97 Å². The van der Waals surface area contributed by atoms with Crippen molar-refractivity contribution in [2.45, 2.75) is 20.0 Å². The molecule has 2 aromatic heterocycles. The van der Waals surface area contributed by atoms with Gasteiger partial charge in [-0.25, -0.2) is 0 Å². The van der Waals surface area contributed by atoms with E-state index in [1.165, 1.54) is 0 Å². The van der Waals surface area contributed by atoms with Gasteiger partial charge in [-0.05, 0) is 61.0 Å². The van der Waals surface area contributed by atoms with E-state index in [1.54, 1.807) is 54.3 Å². The highest BCUT2D eigenvalue weighted by molar-refractivity contribution is 6.30. The molecule has 0 aliphatic carbocycles. The predicted octanol–water partition coefficient (Wildman–Crippen LogP) is 4.31. The third-order valence-electron chi connectivity index (χ3n) is 5.10. The molecule has 0 spiro atoms. The van der Waals surface area contributed by atoms with Gasteiger partial charge in [0.25, 0.3) is 5.91 Å². The summed E-state index contributed by atoms with van der Waals surface area (Å²) in [5.74, 6) is 0.0237. The normalized spacial score (nSPS) is 10.9. The number of carbonyl (C=O) groups excluding carboxylic acids is 2. The molecule has 0 aliphatic heterocycles. The molecule has 0 bridgehead atoms. The number of halogens is 1. The van der Waals surface area contributed by atoms with Crippen LogP contribution in [-0.4, -0.2) is 33.8 Å². The van der Waals surface area contributed by atoms with Gasteiger partial charge in [-0.3, -0.25) is 19.3 Å². The molecule has 0 saturated carbocycles. The van der Waals surface area contributed by atoms with Crippen LogP contribution < -0.4 is 4.74 Å². The Kier molecular flexibility index (Phi) is 5.77. The first-order chi connectivity index (χ1) is 15.0. The number of H-pyrrole nitrogens is 1. The molecule has 0 saturated heterocycles. The molecular formula is C23H20ClN3O4. The summed E-state index contributed by atoms with van der Waals surface area (Å²) in [5, 5.41) is 7.90. The zero-order valence-corrected chi connectivity index (χ0v) is 17.8. The molecule has 8 heteroatoms. The van der Waals surface area contributed by atoms with Crippen molar-refractivity contribution in [3.8, 4) is 5.75 Å². The number of hydrogen-bond acceptors (Lipinski definition) is 5. The van der Waals surface area contributed by atoms with E-state index in [-0.39, 0.29) is 18.9 Å². The Morgan fingerprint density at radius 1 is 1.13 bits per heavy atom. The van der Waals surface area contributed by atoms with Crippen LogP contribution in [0.1, 0.15) is 27.3 Å². The quantitative estimate of drug-likeness (QED) is 0.454. The van der Waals surface area contributed by atoms with E-state index in [4.69, 9.17) is 21.1 Å². The van der Waals surface area contributed by atoms with E-state index in [1.807, 2.05) is 19.1 Å². The third-order valence-corrected chi connectivity index (χ3v) is 5.36. The minimum absolute atomic E-state index is 0.0184. The van der Waals surface area contributed by atoms with Crippen molar-refractivity contribution in [3.05, 3.63) is 82.3 Å². The number of esters is 1. The number of hydrogen-bond donors (Lipinski definition) is 1. The van der Waals surface area contributed by atoms with Crippen LogP contribution in [0.2, 0.25) is 5.02 Å². The average molecular weight is 438 g/mol. The van der Waals surface area contributed by atoms with Crippen molar-refractivity contribution in [1.82, 2.24) is 14.8 Å². The summed E-state index contributed by atoms with van der Waals surface area (Å²) < 4.78 is 12.3. The Morgan fingerprint density at radius 2 is 1.90 bits per heavy atom. The lowest BCUT2D eigenvalue weighted by atomic mass is 10.1. The van der Waals surface area contributed by atoms with Crippen LogP contribution in [0.15, 0.2) is 54.7 Å². The fraction of sp³-hybridized carbons (Fsp3) is 0.174. The fourth-order valence-electron chi connectivity index (χ4n) is 3.51. The molecule has 2 aromatic carbocycles. The first-order valence-electron chi connectivity index (χ1n) is 9.60. The third kappa shape index (κ3) is 4.18. The van der Waals surface area contributed by atoms with Gasteiger partial charge in [-0.1, -0.05) is 11.6 Å². The maximum atomic E-state index is 13.3. The predicted molar refractivity (Wildman–Crippen MR) is 116 cm³/mol. The standard InChI is InChI=1S/C23H20ClN3O4/c1-14-19(12-22(28)31-13-17-9-10-25-26-17)20-11-18(30-2)7-8-21(20)27(14)23(29)15-3-5-16(24)6-4-15/h3-11H,12-13H2,1-2H3,(H,25,26). The number of aromatic nitrogens is 3. The fourth-order valence-corrected chi connectivity index (χ4v) is 3.64. The van der Waals surface area contributed by atoms with Gasteiger partial charge in [0.2, 0.25) is 0 Å². The first-order valence-corrected chi connectivity index (χ1v) is 9.98. The molecule has 0 atom stereocenters. The van der Waals surface area contributed by atoms with Gasteiger partial charge < -0.3 is 9.47 Å². The van der Waals surface area contributed by atoms with Crippen LogP contribution in [0.3, 0.4) is 0 Å². The molecule has 158 valence electrons. The van der Waals surface area contributed by atoms with Crippen LogP contribution in [-0.2, 0) is 22.6 Å². The lowest BCUT2D eigenvalue weighted by Gasteiger charge is -2.08. The van der Waals surface area contributed by atoms with Gasteiger partial charge in [0.15, 0.2) is 0 Å². The number of benzene rings is 2.